The number of para-hydroxylation sites is 2. The van der Waals surface area contributed by atoms with Crippen LogP contribution in [0.2, 0.25) is 0 Å². The van der Waals surface area contributed by atoms with Gasteiger partial charge in [-0.15, -0.1) is 0 Å². The summed E-state index contributed by atoms with van der Waals surface area (Å²) >= 11 is 0. The highest BCUT2D eigenvalue weighted by atomic mass is 15.7. The molecule has 8 nitrogen and oxygen atoms in total. The number of anilines is 4. The van der Waals surface area contributed by atoms with Gasteiger partial charge in [-0.05, 0) is 66.6 Å². The Bertz CT molecular complexity index is 1650. The highest BCUT2D eigenvalue weighted by Crippen LogP contribution is 2.42. The van der Waals surface area contributed by atoms with Crippen molar-refractivity contribution in [1.29, 1.82) is 0 Å². The third-order valence-electron chi connectivity index (χ3n) is 8.25. The van der Waals surface area contributed by atoms with Gasteiger partial charge >= 0.3 is 0 Å². The van der Waals surface area contributed by atoms with Crippen LogP contribution < -0.4 is 19.9 Å². The van der Waals surface area contributed by atoms with Crippen molar-refractivity contribution in [3.63, 3.8) is 0 Å². The number of hydrazone groups is 2. The zero-order chi connectivity index (χ0) is 28.7. The van der Waals surface area contributed by atoms with Crippen molar-refractivity contribution >= 4 is 34.2 Å². The van der Waals surface area contributed by atoms with Gasteiger partial charge in [-0.2, -0.15) is 15.3 Å². The van der Waals surface area contributed by atoms with Crippen LogP contribution in [0.3, 0.4) is 0 Å². The molecular weight excluding hydrogens is 520 g/mol. The largest absolute Gasteiger partial charge is 0.378 e. The average Bonchev–Trinajstić information content (AvgIpc) is 3.75. The summed E-state index contributed by atoms with van der Waals surface area (Å²) < 4.78 is 0. The fraction of sp³-hybridized carbons (Fsp3) is 0.235. The molecule has 0 saturated carbocycles. The van der Waals surface area contributed by atoms with E-state index in [9.17, 15) is 0 Å². The maximum Gasteiger partial charge on any atom is 0.183 e. The second kappa shape index (κ2) is 10.4. The van der Waals surface area contributed by atoms with Gasteiger partial charge in [0.25, 0.3) is 0 Å². The van der Waals surface area contributed by atoms with E-state index < -0.39 is 5.66 Å². The predicted octanol–water partition coefficient (Wildman–Crippen LogP) is 7.28. The lowest BCUT2D eigenvalue weighted by Crippen LogP contribution is -2.55. The van der Waals surface area contributed by atoms with Gasteiger partial charge in [0.1, 0.15) is 6.54 Å². The van der Waals surface area contributed by atoms with Crippen molar-refractivity contribution in [2.24, 2.45) is 20.5 Å². The standard InChI is InChI=1S/C34H34N8/c1-25-23-34(41(36-25)30-12-8-5-9-13-30)24-35-38-42(34)31-20-14-26(15-21-31)32-22-33(27-16-18-28(19-17-27)39(2)3)40(37-32)29-10-6-4-7-11-29/h4-21,33H,22-24H2,1-3H3. The molecule has 4 aromatic carbocycles. The molecule has 3 heterocycles. The lowest BCUT2D eigenvalue weighted by molar-refractivity contribution is 0.455. The first kappa shape index (κ1) is 26.0. The first-order valence-electron chi connectivity index (χ1n) is 14.4. The molecule has 0 fully saturated rings. The van der Waals surface area contributed by atoms with Crippen molar-refractivity contribution in [1.82, 2.24) is 0 Å². The molecule has 210 valence electrons. The molecule has 0 saturated heterocycles. The molecule has 3 aliphatic rings. The number of benzene rings is 4. The highest BCUT2D eigenvalue weighted by molar-refractivity contribution is 6.03. The van der Waals surface area contributed by atoms with E-state index >= 15 is 0 Å². The van der Waals surface area contributed by atoms with Gasteiger partial charge < -0.3 is 4.90 Å². The first-order valence-corrected chi connectivity index (χ1v) is 14.4. The summed E-state index contributed by atoms with van der Waals surface area (Å²) in [6.07, 6.45) is 1.58. The maximum absolute atomic E-state index is 5.16. The SMILES string of the molecule is CC1=NN(c2ccccc2)C2(CN=NN2c2ccc(C3=NN(c4ccccc4)C(c4ccc(N(C)C)cc4)C3)cc2)C1. The molecule has 0 bridgehead atoms. The molecule has 8 heteroatoms. The van der Waals surface area contributed by atoms with Crippen molar-refractivity contribution in [3.8, 4) is 0 Å². The van der Waals surface area contributed by atoms with E-state index in [0.29, 0.717) is 6.54 Å². The summed E-state index contributed by atoms with van der Waals surface area (Å²) in [6, 6.07) is 38.2. The molecule has 7 rings (SSSR count). The van der Waals surface area contributed by atoms with Gasteiger partial charge in [-0.25, -0.2) is 10.0 Å². The Morgan fingerprint density at radius 3 is 2.02 bits per heavy atom. The van der Waals surface area contributed by atoms with Crippen LogP contribution in [-0.2, 0) is 0 Å². The molecular formula is C34H34N8. The van der Waals surface area contributed by atoms with Crippen LogP contribution >= 0.6 is 0 Å². The maximum atomic E-state index is 5.16. The Hall–Kier alpha value is -4.98. The first-order chi connectivity index (χ1) is 20.5. The number of hydrogen-bond donors (Lipinski definition) is 0. The molecule has 0 aromatic heterocycles. The summed E-state index contributed by atoms with van der Waals surface area (Å²) in [5.74, 6) is 0. The summed E-state index contributed by atoms with van der Waals surface area (Å²) in [6.45, 7) is 2.63. The van der Waals surface area contributed by atoms with Crippen LogP contribution in [0, 0.1) is 0 Å². The minimum Gasteiger partial charge on any atom is -0.378 e. The summed E-state index contributed by atoms with van der Waals surface area (Å²) in [5, 5.41) is 25.4. The fourth-order valence-electron chi connectivity index (χ4n) is 6.14. The van der Waals surface area contributed by atoms with E-state index in [2.05, 4.69) is 131 Å². The van der Waals surface area contributed by atoms with Crippen LogP contribution in [-0.4, -0.2) is 37.7 Å². The summed E-state index contributed by atoms with van der Waals surface area (Å²) in [7, 11) is 4.13. The van der Waals surface area contributed by atoms with E-state index in [4.69, 9.17) is 10.2 Å². The zero-order valence-corrected chi connectivity index (χ0v) is 24.2. The summed E-state index contributed by atoms with van der Waals surface area (Å²) in [5.41, 5.74) is 8.30. The second-order valence-corrected chi connectivity index (χ2v) is 11.3. The average molecular weight is 555 g/mol. The van der Waals surface area contributed by atoms with Crippen LogP contribution in [0.25, 0.3) is 0 Å². The van der Waals surface area contributed by atoms with Gasteiger partial charge in [0.15, 0.2) is 5.66 Å². The minimum atomic E-state index is -0.480. The lowest BCUT2D eigenvalue weighted by atomic mass is 9.97. The van der Waals surface area contributed by atoms with E-state index in [1.54, 1.807) is 0 Å². The molecule has 42 heavy (non-hydrogen) atoms. The number of hydrogen-bond acceptors (Lipinski definition) is 8. The number of rotatable bonds is 6. The fourth-order valence-corrected chi connectivity index (χ4v) is 6.14. The Labute approximate surface area is 246 Å². The third kappa shape index (κ3) is 4.49. The van der Waals surface area contributed by atoms with Crippen molar-refractivity contribution < 1.29 is 0 Å². The molecule has 1 spiro atoms. The van der Waals surface area contributed by atoms with Crippen LogP contribution in [0.5, 0.6) is 0 Å². The second-order valence-electron chi connectivity index (χ2n) is 11.3. The zero-order valence-electron chi connectivity index (χ0n) is 24.2. The molecule has 0 amide bonds. The molecule has 0 radical (unpaired) electrons. The topological polar surface area (TPSA) is 62.4 Å². The molecule has 3 aliphatic heterocycles. The summed E-state index contributed by atoms with van der Waals surface area (Å²) in [4.78, 5) is 2.12. The van der Waals surface area contributed by atoms with E-state index in [1.807, 2.05) is 29.3 Å². The van der Waals surface area contributed by atoms with E-state index in [-0.39, 0.29) is 6.04 Å². The smallest absolute Gasteiger partial charge is 0.183 e. The Balaban J connectivity index is 1.18. The van der Waals surface area contributed by atoms with Gasteiger partial charge in [-0.3, -0.25) is 5.01 Å². The van der Waals surface area contributed by atoms with Crippen LogP contribution in [0.15, 0.2) is 130 Å². The molecule has 2 atom stereocenters. The molecule has 0 aliphatic carbocycles. The third-order valence-corrected chi connectivity index (χ3v) is 8.25. The molecule has 2 unspecified atom stereocenters. The van der Waals surface area contributed by atoms with Crippen molar-refractivity contribution in [3.05, 3.63) is 120 Å². The highest BCUT2D eigenvalue weighted by Gasteiger charge is 2.51. The lowest BCUT2D eigenvalue weighted by Gasteiger charge is -2.39. The number of nitrogens with zero attached hydrogens (tertiary/aromatic N) is 8. The van der Waals surface area contributed by atoms with Crippen LogP contribution in [0.1, 0.15) is 36.9 Å². The minimum absolute atomic E-state index is 0.118. The molecule has 4 aromatic rings. The van der Waals surface area contributed by atoms with Gasteiger partial charge in [0.2, 0.25) is 0 Å². The normalized spacial score (nSPS) is 21.3. The van der Waals surface area contributed by atoms with E-state index in [0.717, 1.165) is 46.9 Å². The Kier molecular flexibility index (Phi) is 6.46. The van der Waals surface area contributed by atoms with Gasteiger partial charge in [0.05, 0.1) is 28.8 Å². The van der Waals surface area contributed by atoms with Crippen molar-refractivity contribution in [2.75, 3.05) is 40.6 Å². The van der Waals surface area contributed by atoms with Crippen molar-refractivity contribution in [2.45, 2.75) is 31.5 Å². The van der Waals surface area contributed by atoms with Crippen LogP contribution in [0.4, 0.5) is 22.7 Å². The van der Waals surface area contributed by atoms with Gasteiger partial charge in [0, 0.05) is 38.3 Å². The Morgan fingerprint density at radius 2 is 1.36 bits per heavy atom. The monoisotopic (exact) mass is 554 g/mol. The predicted molar refractivity (Wildman–Crippen MR) is 172 cm³/mol. The molecule has 0 N–H and O–H groups in total. The Morgan fingerprint density at radius 1 is 0.714 bits per heavy atom. The quantitative estimate of drug-likeness (QED) is 0.251. The van der Waals surface area contributed by atoms with Gasteiger partial charge in [-0.1, -0.05) is 65.9 Å². The van der Waals surface area contributed by atoms with E-state index in [1.165, 1.54) is 11.3 Å².